The van der Waals surface area contributed by atoms with E-state index in [1.54, 1.807) is 0 Å². The highest BCUT2D eigenvalue weighted by Gasteiger charge is 2.07. The summed E-state index contributed by atoms with van der Waals surface area (Å²) in [4.78, 5) is 0. The summed E-state index contributed by atoms with van der Waals surface area (Å²) in [7, 11) is 0. The lowest BCUT2D eigenvalue weighted by atomic mass is 9.96. The minimum absolute atomic E-state index is 0.286. The van der Waals surface area contributed by atoms with Gasteiger partial charge in [0, 0.05) is 12.1 Å². The zero-order valence-electron chi connectivity index (χ0n) is 10.8. The maximum atomic E-state index is 6.04. The van der Waals surface area contributed by atoms with E-state index >= 15 is 0 Å². The molecule has 90 valence electrons. The van der Waals surface area contributed by atoms with E-state index in [2.05, 4.69) is 39.6 Å². The van der Waals surface area contributed by atoms with Gasteiger partial charge in [-0.25, -0.2) is 0 Å². The molecule has 0 heterocycles. The standard InChI is InChI=1S/C13H28N2/c1-10(2)12(5)9-13(14)7-6-8-15-11(3)4/h10-11,13,15H,5-9,14H2,1-4H3. The molecule has 0 amide bonds. The van der Waals surface area contributed by atoms with Gasteiger partial charge in [-0.3, -0.25) is 0 Å². The van der Waals surface area contributed by atoms with Gasteiger partial charge in [0.25, 0.3) is 0 Å². The van der Waals surface area contributed by atoms with Crippen LogP contribution in [0, 0.1) is 5.92 Å². The largest absolute Gasteiger partial charge is 0.327 e. The average molecular weight is 212 g/mol. The Morgan fingerprint density at radius 1 is 1.27 bits per heavy atom. The molecule has 0 fully saturated rings. The van der Waals surface area contributed by atoms with Gasteiger partial charge in [0.15, 0.2) is 0 Å². The third kappa shape index (κ3) is 8.64. The predicted octanol–water partition coefficient (Wildman–Crippen LogP) is 2.69. The Morgan fingerprint density at radius 3 is 2.33 bits per heavy atom. The van der Waals surface area contributed by atoms with E-state index in [-0.39, 0.29) is 6.04 Å². The van der Waals surface area contributed by atoms with Crippen molar-refractivity contribution in [1.82, 2.24) is 5.32 Å². The Kier molecular flexibility index (Phi) is 7.71. The van der Waals surface area contributed by atoms with Crippen LogP contribution < -0.4 is 11.1 Å². The molecule has 0 aliphatic heterocycles. The van der Waals surface area contributed by atoms with Crippen LogP contribution in [0.25, 0.3) is 0 Å². The van der Waals surface area contributed by atoms with Crippen molar-refractivity contribution in [2.45, 2.75) is 59.0 Å². The van der Waals surface area contributed by atoms with E-state index in [4.69, 9.17) is 5.73 Å². The summed E-state index contributed by atoms with van der Waals surface area (Å²) in [5.74, 6) is 0.560. The van der Waals surface area contributed by atoms with Crippen LogP contribution >= 0.6 is 0 Å². The lowest BCUT2D eigenvalue weighted by Gasteiger charge is -2.16. The van der Waals surface area contributed by atoms with E-state index in [1.807, 2.05) is 0 Å². The molecule has 3 N–H and O–H groups in total. The first-order chi connectivity index (χ1) is 6.93. The number of rotatable bonds is 8. The van der Waals surface area contributed by atoms with Crippen LogP contribution in [-0.4, -0.2) is 18.6 Å². The van der Waals surface area contributed by atoms with Crippen molar-refractivity contribution in [1.29, 1.82) is 0 Å². The summed E-state index contributed by atoms with van der Waals surface area (Å²) in [6.45, 7) is 13.8. The molecule has 0 saturated carbocycles. The molecule has 1 atom stereocenters. The van der Waals surface area contributed by atoms with Crippen LogP contribution in [0.4, 0.5) is 0 Å². The monoisotopic (exact) mass is 212 g/mol. The van der Waals surface area contributed by atoms with Gasteiger partial charge in [0.05, 0.1) is 0 Å². The summed E-state index contributed by atoms with van der Waals surface area (Å²) < 4.78 is 0. The van der Waals surface area contributed by atoms with E-state index in [1.165, 1.54) is 5.57 Å². The van der Waals surface area contributed by atoms with Crippen LogP contribution in [0.1, 0.15) is 47.0 Å². The smallest absolute Gasteiger partial charge is 0.00765 e. The highest BCUT2D eigenvalue weighted by molar-refractivity contribution is 4.99. The third-order valence-corrected chi connectivity index (χ3v) is 2.65. The number of nitrogens with two attached hydrogens (primary N) is 1. The molecule has 1 unspecified atom stereocenters. The van der Waals surface area contributed by atoms with Gasteiger partial charge in [0.2, 0.25) is 0 Å². The second kappa shape index (κ2) is 7.89. The zero-order valence-corrected chi connectivity index (χ0v) is 10.8. The SMILES string of the molecule is C=C(CC(N)CCCNC(C)C)C(C)C. The van der Waals surface area contributed by atoms with Gasteiger partial charge in [-0.1, -0.05) is 39.8 Å². The summed E-state index contributed by atoms with van der Waals surface area (Å²) in [5.41, 5.74) is 7.32. The van der Waals surface area contributed by atoms with Gasteiger partial charge >= 0.3 is 0 Å². The maximum Gasteiger partial charge on any atom is 0.00765 e. The first kappa shape index (κ1) is 14.7. The molecule has 0 saturated heterocycles. The molecule has 15 heavy (non-hydrogen) atoms. The number of hydrogen-bond donors (Lipinski definition) is 2. The fourth-order valence-corrected chi connectivity index (χ4v) is 1.43. The molecule has 0 aliphatic carbocycles. The first-order valence-electron chi connectivity index (χ1n) is 6.10. The Hall–Kier alpha value is -0.340. The Labute approximate surface area is 95.3 Å². The van der Waals surface area contributed by atoms with Gasteiger partial charge in [-0.05, 0) is 31.7 Å². The summed E-state index contributed by atoms with van der Waals surface area (Å²) in [6.07, 6.45) is 3.22. The number of hydrogen-bond acceptors (Lipinski definition) is 2. The minimum atomic E-state index is 0.286. The van der Waals surface area contributed by atoms with Gasteiger partial charge in [0.1, 0.15) is 0 Å². The van der Waals surface area contributed by atoms with Crippen LogP contribution in [0.3, 0.4) is 0 Å². The molecule has 0 aromatic heterocycles. The fraction of sp³-hybridized carbons (Fsp3) is 0.846. The minimum Gasteiger partial charge on any atom is -0.327 e. The van der Waals surface area contributed by atoms with Gasteiger partial charge in [-0.2, -0.15) is 0 Å². The Bertz CT molecular complexity index is 173. The van der Waals surface area contributed by atoms with E-state index in [0.717, 1.165) is 25.8 Å². The molecule has 0 rings (SSSR count). The first-order valence-corrected chi connectivity index (χ1v) is 6.10. The molecule has 0 spiro atoms. The van der Waals surface area contributed by atoms with Crippen LogP contribution in [-0.2, 0) is 0 Å². The van der Waals surface area contributed by atoms with Gasteiger partial charge < -0.3 is 11.1 Å². The molecule has 0 aromatic rings. The van der Waals surface area contributed by atoms with Crippen molar-refractivity contribution < 1.29 is 0 Å². The lowest BCUT2D eigenvalue weighted by molar-refractivity contribution is 0.508. The molecular formula is C13H28N2. The van der Waals surface area contributed by atoms with Crippen molar-refractivity contribution in [2.24, 2.45) is 11.7 Å². The van der Waals surface area contributed by atoms with E-state index in [9.17, 15) is 0 Å². The molecule has 0 aromatic carbocycles. The second-order valence-electron chi connectivity index (χ2n) is 5.03. The van der Waals surface area contributed by atoms with Gasteiger partial charge in [-0.15, -0.1) is 0 Å². The maximum absolute atomic E-state index is 6.04. The molecule has 2 heteroatoms. The molecule has 0 radical (unpaired) electrons. The second-order valence-corrected chi connectivity index (χ2v) is 5.03. The molecule has 2 nitrogen and oxygen atoms in total. The summed E-state index contributed by atoms with van der Waals surface area (Å²) >= 11 is 0. The third-order valence-electron chi connectivity index (χ3n) is 2.65. The van der Waals surface area contributed by atoms with Crippen molar-refractivity contribution in [3.63, 3.8) is 0 Å². The molecule has 0 bridgehead atoms. The summed E-state index contributed by atoms with van der Waals surface area (Å²) in [5, 5.41) is 3.40. The topological polar surface area (TPSA) is 38.0 Å². The van der Waals surface area contributed by atoms with Crippen molar-refractivity contribution in [2.75, 3.05) is 6.54 Å². The highest BCUT2D eigenvalue weighted by Crippen LogP contribution is 2.14. The van der Waals surface area contributed by atoms with Crippen molar-refractivity contribution in [3.05, 3.63) is 12.2 Å². The Morgan fingerprint density at radius 2 is 1.87 bits per heavy atom. The molecule has 0 aliphatic rings. The van der Waals surface area contributed by atoms with Crippen molar-refractivity contribution in [3.8, 4) is 0 Å². The van der Waals surface area contributed by atoms with Crippen LogP contribution in [0.2, 0.25) is 0 Å². The van der Waals surface area contributed by atoms with E-state index < -0.39 is 0 Å². The lowest BCUT2D eigenvalue weighted by Crippen LogP contribution is -2.27. The fourth-order valence-electron chi connectivity index (χ4n) is 1.43. The summed E-state index contributed by atoms with van der Waals surface area (Å²) in [6, 6.07) is 0.862. The van der Waals surface area contributed by atoms with Crippen LogP contribution in [0.15, 0.2) is 12.2 Å². The number of nitrogens with one attached hydrogen (secondary N) is 1. The Balaban J connectivity index is 3.49. The van der Waals surface area contributed by atoms with Crippen LogP contribution in [0.5, 0.6) is 0 Å². The normalized spacial score (nSPS) is 13.5. The predicted molar refractivity (Wildman–Crippen MR) is 68.9 cm³/mol. The van der Waals surface area contributed by atoms with Crippen molar-refractivity contribution >= 4 is 0 Å². The average Bonchev–Trinajstić information content (AvgIpc) is 2.12. The molecular weight excluding hydrogens is 184 g/mol. The zero-order chi connectivity index (χ0) is 11.8. The quantitative estimate of drug-likeness (QED) is 0.479. The van der Waals surface area contributed by atoms with E-state index in [0.29, 0.717) is 12.0 Å². The highest BCUT2D eigenvalue weighted by atomic mass is 14.9.